The van der Waals surface area contributed by atoms with E-state index in [0.717, 1.165) is 13.0 Å². The number of carbonyl (C=O) groups is 1. The zero-order valence-corrected chi connectivity index (χ0v) is 13.1. The van der Waals surface area contributed by atoms with Crippen LogP contribution in [0.1, 0.15) is 13.3 Å². The third-order valence-electron chi connectivity index (χ3n) is 2.93. The summed E-state index contributed by atoms with van der Waals surface area (Å²) in [6, 6.07) is 4.84. The van der Waals surface area contributed by atoms with Crippen molar-refractivity contribution in [2.24, 2.45) is 0 Å². The lowest BCUT2D eigenvalue weighted by Crippen LogP contribution is -2.30. The molecule has 1 aromatic carbocycles. The molecule has 0 bridgehead atoms. The number of hydrogen-bond donors (Lipinski definition) is 2. The minimum absolute atomic E-state index is 0.283. The fourth-order valence-electron chi connectivity index (χ4n) is 1.93. The summed E-state index contributed by atoms with van der Waals surface area (Å²) in [4.78, 5) is 15.9. The fraction of sp³-hybridized carbons (Fsp3) is 0.333. The van der Waals surface area contributed by atoms with Crippen molar-refractivity contribution in [1.82, 2.24) is 14.9 Å². The Hall–Kier alpha value is -2.21. The molecule has 0 fully saturated rings. The van der Waals surface area contributed by atoms with Gasteiger partial charge in [-0.1, -0.05) is 11.6 Å². The molecule has 0 unspecified atom stereocenters. The van der Waals surface area contributed by atoms with Crippen LogP contribution in [0.15, 0.2) is 36.9 Å². The summed E-state index contributed by atoms with van der Waals surface area (Å²) in [5.41, 5.74) is 0.557. The van der Waals surface area contributed by atoms with E-state index >= 15 is 0 Å². The first kappa shape index (κ1) is 16.2. The fourth-order valence-corrected chi connectivity index (χ4v) is 2.10. The second kappa shape index (κ2) is 8.29. The first-order valence-electron chi connectivity index (χ1n) is 7.12. The number of urea groups is 1. The Balaban J connectivity index is 1.80. The molecule has 22 heavy (non-hydrogen) atoms. The van der Waals surface area contributed by atoms with Gasteiger partial charge in [-0.3, -0.25) is 0 Å². The van der Waals surface area contributed by atoms with E-state index in [0.29, 0.717) is 29.6 Å². The topological polar surface area (TPSA) is 68.2 Å². The molecule has 1 heterocycles. The number of aryl methyl sites for hydroxylation is 1. The van der Waals surface area contributed by atoms with Gasteiger partial charge in [-0.05, 0) is 31.5 Å². The molecule has 7 heteroatoms. The summed E-state index contributed by atoms with van der Waals surface area (Å²) in [6.07, 6.45) is 6.19. The van der Waals surface area contributed by atoms with Crippen molar-refractivity contribution in [3.05, 3.63) is 41.9 Å². The largest absolute Gasteiger partial charge is 0.492 e. The highest BCUT2D eigenvalue weighted by molar-refractivity contribution is 6.31. The number of aromatic nitrogens is 2. The third kappa shape index (κ3) is 4.96. The summed E-state index contributed by atoms with van der Waals surface area (Å²) in [7, 11) is 0. The van der Waals surface area contributed by atoms with Gasteiger partial charge in [0.2, 0.25) is 0 Å². The molecular weight excluding hydrogens is 304 g/mol. The van der Waals surface area contributed by atoms with E-state index in [1.165, 1.54) is 0 Å². The van der Waals surface area contributed by atoms with Crippen molar-refractivity contribution in [1.29, 1.82) is 0 Å². The lowest BCUT2D eigenvalue weighted by Gasteiger charge is -2.12. The predicted molar refractivity (Wildman–Crippen MR) is 86.5 cm³/mol. The molecule has 0 radical (unpaired) electrons. The first-order valence-corrected chi connectivity index (χ1v) is 7.49. The van der Waals surface area contributed by atoms with Crippen LogP contribution in [0.3, 0.4) is 0 Å². The maximum absolute atomic E-state index is 11.9. The number of halogens is 1. The number of benzene rings is 1. The zero-order chi connectivity index (χ0) is 15.8. The molecule has 2 aromatic rings. The molecule has 2 rings (SSSR count). The quantitative estimate of drug-likeness (QED) is 0.769. The molecule has 0 spiro atoms. The Kier molecular flexibility index (Phi) is 6.09. The van der Waals surface area contributed by atoms with E-state index in [1.54, 1.807) is 30.7 Å². The average Bonchev–Trinajstić information content (AvgIpc) is 3.00. The molecular formula is C15H19ClN4O2. The lowest BCUT2D eigenvalue weighted by molar-refractivity contribution is 0.251. The summed E-state index contributed by atoms with van der Waals surface area (Å²) >= 11 is 5.95. The van der Waals surface area contributed by atoms with Crippen molar-refractivity contribution in [3.8, 4) is 5.75 Å². The molecule has 0 aliphatic rings. The van der Waals surface area contributed by atoms with Gasteiger partial charge >= 0.3 is 6.03 Å². The number of amides is 2. The van der Waals surface area contributed by atoms with Gasteiger partial charge in [0.1, 0.15) is 5.75 Å². The molecule has 0 aliphatic carbocycles. The van der Waals surface area contributed by atoms with Crippen molar-refractivity contribution in [3.63, 3.8) is 0 Å². The van der Waals surface area contributed by atoms with Crippen molar-refractivity contribution in [2.75, 3.05) is 18.5 Å². The Morgan fingerprint density at radius 1 is 1.45 bits per heavy atom. The minimum atomic E-state index is -0.283. The zero-order valence-electron chi connectivity index (χ0n) is 12.4. The smallest absolute Gasteiger partial charge is 0.319 e. The van der Waals surface area contributed by atoms with Crippen molar-refractivity contribution >= 4 is 23.3 Å². The van der Waals surface area contributed by atoms with E-state index in [1.807, 2.05) is 17.7 Å². The van der Waals surface area contributed by atoms with Crippen LogP contribution in [-0.2, 0) is 6.54 Å². The van der Waals surface area contributed by atoms with Gasteiger partial charge < -0.3 is 19.9 Å². The second-order valence-electron chi connectivity index (χ2n) is 4.61. The molecule has 1 aromatic heterocycles. The van der Waals surface area contributed by atoms with Gasteiger partial charge in [0.25, 0.3) is 0 Å². The summed E-state index contributed by atoms with van der Waals surface area (Å²) in [5.74, 6) is 0.598. The number of hydrogen-bond acceptors (Lipinski definition) is 3. The monoisotopic (exact) mass is 322 g/mol. The highest BCUT2D eigenvalue weighted by atomic mass is 35.5. The van der Waals surface area contributed by atoms with Crippen LogP contribution in [0, 0.1) is 0 Å². The van der Waals surface area contributed by atoms with Crippen molar-refractivity contribution < 1.29 is 9.53 Å². The van der Waals surface area contributed by atoms with E-state index in [2.05, 4.69) is 15.6 Å². The molecule has 0 saturated carbocycles. The van der Waals surface area contributed by atoms with E-state index in [9.17, 15) is 4.79 Å². The van der Waals surface area contributed by atoms with E-state index in [-0.39, 0.29) is 6.03 Å². The summed E-state index contributed by atoms with van der Waals surface area (Å²) in [5, 5.41) is 6.09. The molecule has 6 nitrogen and oxygen atoms in total. The average molecular weight is 323 g/mol. The number of carbonyl (C=O) groups excluding carboxylic acids is 1. The first-order chi connectivity index (χ1) is 10.7. The van der Waals surface area contributed by atoms with Crippen LogP contribution >= 0.6 is 11.6 Å². The Labute approximate surface area is 134 Å². The number of imidazole rings is 1. The van der Waals surface area contributed by atoms with Gasteiger partial charge in [-0.2, -0.15) is 0 Å². The van der Waals surface area contributed by atoms with Gasteiger partial charge in [0.15, 0.2) is 0 Å². The summed E-state index contributed by atoms with van der Waals surface area (Å²) < 4.78 is 7.42. The predicted octanol–water partition coefficient (Wildman–Crippen LogP) is 3.15. The normalized spacial score (nSPS) is 10.3. The summed E-state index contributed by atoms with van der Waals surface area (Å²) in [6.45, 7) is 3.77. The maximum atomic E-state index is 11.9. The number of rotatable bonds is 7. The van der Waals surface area contributed by atoms with Crippen LogP contribution in [-0.4, -0.2) is 28.7 Å². The number of anilines is 1. The second-order valence-corrected chi connectivity index (χ2v) is 5.04. The molecule has 0 atom stereocenters. The van der Waals surface area contributed by atoms with Gasteiger partial charge in [0, 0.05) is 30.5 Å². The Morgan fingerprint density at radius 2 is 2.32 bits per heavy atom. The van der Waals surface area contributed by atoms with Crippen LogP contribution in [0.25, 0.3) is 0 Å². The molecule has 2 amide bonds. The van der Waals surface area contributed by atoms with Gasteiger partial charge in [-0.25, -0.2) is 9.78 Å². The highest BCUT2D eigenvalue weighted by Crippen LogP contribution is 2.27. The van der Waals surface area contributed by atoms with Crippen LogP contribution < -0.4 is 15.4 Å². The Morgan fingerprint density at radius 3 is 3.05 bits per heavy atom. The van der Waals surface area contributed by atoms with Crippen LogP contribution in [0.5, 0.6) is 5.75 Å². The molecule has 2 N–H and O–H groups in total. The molecule has 0 aliphatic heterocycles. The Bertz CT molecular complexity index is 602. The SMILES string of the molecule is CCOc1ccc(Cl)cc1NC(=O)NCCCn1ccnc1. The number of nitrogens with zero attached hydrogens (tertiary/aromatic N) is 2. The molecule has 0 saturated heterocycles. The van der Waals surface area contributed by atoms with Gasteiger partial charge in [-0.15, -0.1) is 0 Å². The third-order valence-corrected chi connectivity index (χ3v) is 3.16. The van der Waals surface area contributed by atoms with Crippen LogP contribution in [0.4, 0.5) is 10.5 Å². The van der Waals surface area contributed by atoms with Crippen LogP contribution in [0.2, 0.25) is 5.02 Å². The van der Waals surface area contributed by atoms with Crippen molar-refractivity contribution in [2.45, 2.75) is 19.9 Å². The minimum Gasteiger partial charge on any atom is -0.492 e. The highest BCUT2D eigenvalue weighted by Gasteiger charge is 2.08. The number of nitrogens with one attached hydrogen (secondary N) is 2. The van der Waals surface area contributed by atoms with E-state index < -0.39 is 0 Å². The van der Waals surface area contributed by atoms with E-state index in [4.69, 9.17) is 16.3 Å². The molecule has 118 valence electrons. The number of ether oxygens (including phenoxy) is 1. The lowest BCUT2D eigenvalue weighted by atomic mass is 10.3. The standard InChI is InChI=1S/C15H19ClN4O2/c1-2-22-14-5-4-12(16)10-13(14)19-15(21)18-6-3-8-20-9-7-17-11-20/h4-5,7,9-11H,2-3,6,8H2,1H3,(H2,18,19,21). The van der Waals surface area contributed by atoms with Gasteiger partial charge in [0.05, 0.1) is 18.6 Å². The maximum Gasteiger partial charge on any atom is 0.319 e.